The number of benzene rings is 21. The van der Waals surface area contributed by atoms with E-state index in [1.54, 1.807) is 12.5 Å². The molecule has 5 nitrogen and oxygen atoms in total. The van der Waals surface area contributed by atoms with E-state index in [0.29, 0.717) is 0 Å². The third-order valence-corrected chi connectivity index (χ3v) is 34.7. The molecule has 0 amide bonds. The minimum absolute atomic E-state index is 0.526. The summed E-state index contributed by atoms with van der Waals surface area (Å²) < 4.78 is 0. The maximum atomic E-state index is 5.02. The number of rotatable bonds is 9. The second-order valence-electron chi connectivity index (χ2n) is 38.9. The first kappa shape index (κ1) is 89.6. The number of pyridine rings is 1. The van der Waals surface area contributed by atoms with Crippen molar-refractivity contribution in [1.82, 2.24) is 24.9 Å². The Morgan fingerprint density at radius 1 is 0.140 bits per heavy atom. The van der Waals surface area contributed by atoms with E-state index in [1.807, 2.05) is 72.5 Å². The lowest BCUT2D eigenvalue weighted by Crippen LogP contribution is -2.35. The second-order valence-corrected chi connectivity index (χ2v) is 42.2. The van der Waals surface area contributed by atoms with Crippen LogP contribution < -0.4 is 0 Å². The summed E-state index contributed by atoms with van der Waals surface area (Å²) in [7, 11) is 0. The molecular formula is C142H91N5S3. The Morgan fingerprint density at radius 3 is 0.627 bits per heavy atom. The SMILES string of the molecule is c1cc(-c2ccc3c(c2)-c2ccccc2-c2ccccc2-c2ccccc2-3)cc(C2(c3cnccn3)c3ccccc3Sc3ccccc32)c1.c1cc(-c2ccc3c(c2)-c2ccccc2-c2ccccc2-c2ccccc2-3)cc(C2(c3cncnc3)c3ccccc3Sc3ccccc32)c1.c1cncc(C2(c3cccc(-c4ccc5c(c4)-c4ccccc4-c4ccccc4-c4ccccc4-5)c3)c3ccccc3Sc3ccccc32)c1. The third kappa shape index (κ3) is 14.7. The van der Waals surface area contributed by atoms with Crippen LogP contribution in [0.2, 0.25) is 0 Å². The lowest BCUT2D eigenvalue weighted by Gasteiger charge is -2.41. The van der Waals surface area contributed by atoms with Crippen LogP contribution in [0.5, 0.6) is 0 Å². The van der Waals surface area contributed by atoms with Gasteiger partial charge >= 0.3 is 0 Å². The molecule has 3 aromatic heterocycles. The van der Waals surface area contributed by atoms with E-state index in [2.05, 4.69) is 523 Å². The summed E-state index contributed by atoms with van der Waals surface area (Å²) in [5.74, 6) is 0. The molecule has 0 unspecified atom stereocenters. The van der Waals surface area contributed by atoms with Gasteiger partial charge in [-0.3, -0.25) is 15.0 Å². The maximum Gasteiger partial charge on any atom is 0.115 e. The van der Waals surface area contributed by atoms with Crippen molar-refractivity contribution in [3.63, 3.8) is 0 Å². The van der Waals surface area contributed by atoms with E-state index in [9.17, 15) is 0 Å². The summed E-state index contributed by atoms with van der Waals surface area (Å²) in [5.41, 5.74) is 49.6. The molecule has 0 atom stereocenters. The van der Waals surface area contributed by atoms with Crippen molar-refractivity contribution < 1.29 is 0 Å². The van der Waals surface area contributed by atoms with Gasteiger partial charge in [0.25, 0.3) is 0 Å². The van der Waals surface area contributed by atoms with Gasteiger partial charge in [0.05, 0.1) is 21.9 Å². The standard InChI is InChI=1S/C48H31NS.2C47H30N2S/c1-2-17-37-36(16-1)38-18-3-4-20-40(38)42-27-26-33(30-43(42)41-21-6-5-19-39(37)41)32-13-11-14-34(29-32)48(35-15-12-28-49-31-35)44-22-7-9-24-46(44)50-47-25-10-8-23-45(47)48;1-2-15-36-35(14-1)37-16-3-4-18-39(37)41-25-24-32(27-42(41)40-19-6-5-17-38(36)40)31-12-11-13-33(26-31)47(34-28-48-30-49-29-34)43-20-7-9-22-45(43)50-46-23-10-8-21-44(46)47;1-2-15-35-34(14-1)36-16-3-4-18-38(36)40-25-24-32(29-41(40)39-19-6-5-17-37(35)39)31-12-11-13-33(28-31)47(46-30-48-26-27-49-46)42-20-7-9-22-44(42)50-45-23-10-8-21-43(45)47/h1-31H;2*1-30H. The maximum absolute atomic E-state index is 5.02. The Labute approximate surface area is 885 Å². The van der Waals surface area contributed by atoms with E-state index >= 15 is 0 Å². The smallest absolute Gasteiger partial charge is 0.115 e. The molecular weight excluding hydrogens is 1870 g/mol. The zero-order valence-electron chi connectivity index (χ0n) is 81.5. The fourth-order valence-corrected chi connectivity index (χ4v) is 28.4. The Bertz CT molecular complexity index is 8470. The van der Waals surface area contributed by atoms with Crippen molar-refractivity contribution in [1.29, 1.82) is 0 Å². The fourth-order valence-electron chi connectivity index (χ4n) is 24.8. The van der Waals surface area contributed by atoms with Gasteiger partial charge in [-0.2, -0.15) is 0 Å². The van der Waals surface area contributed by atoms with Gasteiger partial charge < -0.3 is 0 Å². The molecule has 0 spiro atoms. The first-order chi connectivity index (χ1) is 74.4. The molecule has 0 bridgehead atoms. The van der Waals surface area contributed by atoms with Gasteiger partial charge in [0.15, 0.2) is 0 Å². The highest BCUT2D eigenvalue weighted by Gasteiger charge is 2.49. The van der Waals surface area contributed by atoms with Crippen LogP contribution >= 0.6 is 35.3 Å². The van der Waals surface area contributed by atoms with Crippen molar-refractivity contribution >= 4 is 35.3 Å². The molecule has 24 aromatic rings. The van der Waals surface area contributed by atoms with Crippen LogP contribution in [0.3, 0.4) is 0 Å². The predicted octanol–water partition coefficient (Wildman–Crippen LogP) is 36.5. The van der Waals surface area contributed by atoms with Gasteiger partial charge in [-0.05, 0) is 301 Å². The molecule has 0 fully saturated rings. The van der Waals surface area contributed by atoms with Crippen molar-refractivity contribution in [2.24, 2.45) is 0 Å². The highest BCUT2D eigenvalue weighted by Crippen LogP contribution is 2.62. The number of hydrogen-bond donors (Lipinski definition) is 0. The van der Waals surface area contributed by atoms with Gasteiger partial charge in [-0.25, -0.2) is 9.97 Å². The molecule has 0 saturated heterocycles. The van der Waals surface area contributed by atoms with Crippen LogP contribution in [-0.2, 0) is 16.2 Å². The van der Waals surface area contributed by atoms with Crippen LogP contribution in [0.15, 0.2) is 583 Å². The van der Waals surface area contributed by atoms with Crippen molar-refractivity contribution in [2.75, 3.05) is 0 Å². The molecule has 0 radical (unpaired) electrons. The molecule has 702 valence electrons. The Morgan fingerprint density at radius 2 is 0.360 bits per heavy atom. The zero-order chi connectivity index (χ0) is 99.2. The summed E-state index contributed by atoms with van der Waals surface area (Å²) in [6, 6.07) is 185. The van der Waals surface area contributed by atoms with Gasteiger partial charge in [-0.1, -0.05) is 460 Å². The highest BCUT2D eigenvalue weighted by molar-refractivity contribution is 8.00. The molecule has 21 aromatic carbocycles. The van der Waals surface area contributed by atoms with Crippen LogP contribution in [0.25, 0.3) is 167 Å². The predicted molar refractivity (Wildman–Crippen MR) is 618 cm³/mol. The Kier molecular flexibility index (Phi) is 22.4. The normalized spacial score (nSPS) is 13.3. The monoisotopic (exact) mass is 1960 g/mol. The average molecular weight is 1960 g/mol. The number of fused-ring (bicyclic) bond motifs is 30. The van der Waals surface area contributed by atoms with E-state index in [0.717, 1.165) is 16.8 Å². The van der Waals surface area contributed by atoms with Crippen LogP contribution in [0.4, 0.5) is 0 Å². The number of aromatic nitrogens is 5. The Balaban J connectivity index is 0.000000108. The topological polar surface area (TPSA) is 64.5 Å². The van der Waals surface area contributed by atoms with Gasteiger partial charge in [0, 0.05) is 78.3 Å². The lowest BCUT2D eigenvalue weighted by molar-refractivity contribution is 0.672. The molecule has 0 N–H and O–H groups in total. The van der Waals surface area contributed by atoms with Crippen molar-refractivity contribution in [2.45, 2.75) is 45.6 Å². The lowest BCUT2D eigenvalue weighted by atomic mass is 9.65. The summed E-state index contributed by atoms with van der Waals surface area (Å²) in [6.45, 7) is 0. The highest BCUT2D eigenvalue weighted by atomic mass is 32.2. The zero-order valence-corrected chi connectivity index (χ0v) is 83.9. The van der Waals surface area contributed by atoms with E-state index in [-0.39, 0.29) is 0 Å². The van der Waals surface area contributed by atoms with E-state index < -0.39 is 16.2 Å². The summed E-state index contributed by atoms with van der Waals surface area (Å²) in [6.07, 6.45) is 15.0. The van der Waals surface area contributed by atoms with E-state index in [4.69, 9.17) is 4.98 Å². The molecule has 6 aliphatic rings. The quantitative estimate of drug-likeness (QED) is 0.142. The van der Waals surface area contributed by atoms with Crippen molar-refractivity contribution in [3.8, 4) is 167 Å². The van der Waals surface area contributed by atoms with Crippen LogP contribution in [0.1, 0.15) is 66.9 Å². The minimum atomic E-state index is -0.637. The summed E-state index contributed by atoms with van der Waals surface area (Å²) >= 11 is 5.52. The van der Waals surface area contributed by atoms with E-state index in [1.165, 1.54) is 246 Å². The molecule has 150 heavy (non-hydrogen) atoms. The first-order valence-corrected chi connectivity index (χ1v) is 53.5. The second kappa shape index (κ2) is 37.5. The van der Waals surface area contributed by atoms with Crippen molar-refractivity contribution in [3.05, 3.63) is 620 Å². The Hall–Kier alpha value is -18.0. The molecule has 3 aliphatic carbocycles. The van der Waals surface area contributed by atoms with Gasteiger partial charge in [0.2, 0.25) is 0 Å². The molecule has 8 heteroatoms. The largest absolute Gasteiger partial charge is 0.264 e. The third-order valence-electron chi connectivity index (χ3n) is 31.2. The fraction of sp³-hybridized carbons (Fsp3) is 0.0211. The molecule has 0 saturated carbocycles. The number of hydrogen-bond acceptors (Lipinski definition) is 8. The molecule has 30 rings (SSSR count). The summed E-state index contributed by atoms with van der Waals surface area (Å²) in [5, 5.41) is 0. The van der Waals surface area contributed by atoms with Gasteiger partial charge in [-0.15, -0.1) is 0 Å². The van der Waals surface area contributed by atoms with Crippen LogP contribution in [-0.4, -0.2) is 24.9 Å². The van der Waals surface area contributed by atoms with Crippen LogP contribution in [0, 0.1) is 0 Å². The number of nitrogens with zero attached hydrogens (tertiary/aromatic N) is 5. The van der Waals surface area contributed by atoms with Gasteiger partial charge in [0.1, 0.15) is 6.33 Å². The first-order valence-electron chi connectivity index (χ1n) is 51.1. The summed E-state index contributed by atoms with van der Waals surface area (Å²) in [4.78, 5) is 30.9. The molecule has 6 heterocycles. The average Bonchev–Trinajstić information content (AvgIpc) is 0.696. The minimum Gasteiger partial charge on any atom is -0.264 e. The molecule has 3 aliphatic heterocycles.